The zero-order chi connectivity index (χ0) is 13.5. The van der Waals surface area contributed by atoms with Crippen molar-refractivity contribution < 1.29 is 0 Å². The average molecular weight is 349 g/mol. The SMILES string of the molecule is Cl.NC(c1cccs1)C1(c2ccc(Cl)c(Cl)c2)CCC1. The fraction of sp³-hybridized carbons (Fsp3) is 0.333. The molecular formula is C15H16Cl3NS. The van der Waals surface area contributed by atoms with Gasteiger partial charge in [-0.2, -0.15) is 0 Å². The van der Waals surface area contributed by atoms with Crippen LogP contribution in [0.25, 0.3) is 0 Å². The number of thiophene rings is 1. The van der Waals surface area contributed by atoms with Crippen molar-refractivity contribution in [3.05, 3.63) is 56.2 Å². The van der Waals surface area contributed by atoms with E-state index in [4.69, 9.17) is 28.9 Å². The van der Waals surface area contributed by atoms with Crippen molar-refractivity contribution in [2.45, 2.75) is 30.7 Å². The third-order valence-electron chi connectivity index (χ3n) is 4.19. The molecule has 0 spiro atoms. The monoisotopic (exact) mass is 347 g/mol. The van der Waals surface area contributed by atoms with Crippen LogP contribution in [0.5, 0.6) is 0 Å². The normalized spacial score (nSPS) is 17.9. The lowest BCUT2D eigenvalue weighted by Crippen LogP contribution is -2.44. The minimum Gasteiger partial charge on any atom is -0.323 e. The molecular weight excluding hydrogens is 333 g/mol. The minimum atomic E-state index is 0. The zero-order valence-corrected chi connectivity index (χ0v) is 14.0. The van der Waals surface area contributed by atoms with E-state index < -0.39 is 0 Å². The molecule has 2 aromatic rings. The second-order valence-electron chi connectivity index (χ2n) is 5.13. The maximum Gasteiger partial charge on any atom is 0.0595 e. The first-order valence-corrected chi connectivity index (χ1v) is 8.01. The maximum absolute atomic E-state index is 6.53. The van der Waals surface area contributed by atoms with Crippen LogP contribution in [0.4, 0.5) is 0 Å². The first kappa shape index (κ1) is 16.1. The van der Waals surface area contributed by atoms with Gasteiger partial charge in [-0.1, -0.05) is 41.8 Å². The Labute approximate surface area is 139 Å². The zero-order valence-electron chi connectivity index (χ0n) is 10.8. The molecule has 1 aromatic heterocycles. The molecule has 1 atom stereocenters. The van der Waals surface area contributed by atoms with Crippen molar-refractivity contribution in [2.24, 2.45) is 5.73 Å². The largest absolute Gasteiger partial charge is 0.323 e. The molecule has 2 N–H and O–H groups in total. The smallest absolute Gasteiger partial charge is 0.0595 e. The molecule has 1 aliphatic carbocycles. The first-order chi connectivity index (χ1) is 9.13. The predicted octanol–water partition coefficient (Wildman–Crippen LogP) is 5.60. The maximum atomic E-state index is 6.53. The van der Waals surface area contributed by atoms with E-state index >= 15 is 0 Å². The molecule has 0 bridgehead atoms. The summed E-state index contributed by atoms with van der Waals surface area (Å²) < 4.78 is 0. The third kappa shape index (κ3) is 2.60. The molecule has 0 saturated heterocycles. The number of hydrogen-bond donors (Lipinski definition) is 1. The quantitative estimate of drug-likeness (QED) is 0.767. The molecule has 20 heavy (non-hydrogen) atoms. The molecule has 1 heterocycles. The van der Waals surface area contributed by atoms with Gasteiger partial charge in [-0.25, -0.2) is 0 Å². The van der Waals surface area contributed by atoms with Gasteiger partial charge in [-0.05, 0) is 42.0 Å². The Balaban J connectivity index is 0.00000147. The highest BCUT2D eigenvalue weighted by Gasteiger charge is 2.45. The van der Waals surface area contributed by atoms with Crippen LogP contribution in [0, 0.1) is 0 Å². The van der Waals surface area contributed by atoms with Crippen molar-refractivity contribution in [3.8, 4) is 0 Å². The number of hydrogen-bond acceptors (Lipinski definition) is 2. The summed E-state index contributed by atoms with van der Waals surface area (Å²) in [5.74, 6) is 0. The molecule has 1 fully saturated rings. The Kier molecular flexibility index (Phi) is 5.04. The van der Waals surface area contributed by atoms with Crippen LogP contribution in [-0.4, -0.2) is 0 Å². The highest BCUT2D eigenvalue weighted by Crippen LogP contribution is 2.52. The molecule has 0 radical (unpaired) electrons. The summed E-state index contributed by atoms with van der Waals surface area (Å²) in [5.41, 5.74) is 7.78. The van der Waals surface area contributed by atoms with Crippen molar-refractivity contribution in [2.75, 3.05) is 0 Å². The second kappa shape index (κ2) is 6.25. The van der Waals surface area contributed by atoms with Gasteiger partial charge in [-0.3, -0.25) is 0 Å². The highest BCUT2D eigenvalue weighted by atomic mass is 35.5. The van der Waals surface area contributed by atoms with E-state index in [1.807, 2.05) is 12.1 Å². The molecule has 1 aromatic carbocycles. The van der Waals surface area contributed by atoms with Crippen molar-refractivity contribution in [1.29, 1.82) is 0 Å². The van der Waals surface area contributed by atoms with Gasteiger partial charge in [0, 0.05) is 16.3 Å². The lowest BCUT2D eigenvalue weighted by molar-refractivity contribution is 0.198. The van der Waals surface area contributed by atoms with Crippen molar-refractivity contribution >= 4 is 46.9 Å². The van der Waals surface area contributed by atoms with E-state index in [9.17, 15) is 0 Å². The van der Waals surface area contributed by atoms with Crippen LogP contribution < -0.4 is 5.73 Å². The molecule has 3 rings (SSSR count). The number of nitrogens with two attached hydrogens (primary N) is 1. The topological polar surface area (TPSA) is 26.0 Å². The molecule has 1 aliphatic rings. The Morgan fingerprint density at radius 2 is 1.90 bits per heavy atom. The lowest BCUT2D eigenvalue weighted by atomic mass is 9.60. The minimum absolute atomic E-state index is 0. The molecule has 0 amide bonds. The van der Waals surface area contributed by atoms with Crippen LogP contribution in [0.3, 0.4) is 0 Å². The Hall–Kier alpha value is -0.250. The van der Waals surface area contributed by atoms with Crippen LogP contribution in [0.1, 0.15) is 35.7 Å². The first-order valence-electron chi connectivity index (χ1n) is 6.38. The summed E-state index contributed by atoms with van der Waals surface area (Å²) in [6, 6.07) is 10.1. The number of halogens is 3. The molecule has 1 saturated carbocycles. The predicted molar refractivity (Wildman–Crippen MR) is 90.5 cm³/mol. The summed E-state index contributed by atoms with van der Waals surface area (Å²) in [7, 11) is 0. The fourth-order valence-electron chi connectivity index (χ4n) is 2.88. The highest BCUT2D eigenvalue weighted by molar-refractivity contribution is 7.10. The van der Waals surface area contributed by atoms with E-state index in [1.165, 1.54) is 16.9 Å². The van der Waals surface area contributed by atoms with E-state index in [-0.39, 0.29) is 23.9 Å². The Bertz CT molecular complexity index is 579. The van der Waals surface area contributed by atoms with Gasteiger partial charge < -0.3 is 5.73 Å². The van der Waals surface area contributed by atoms with Gasteiger partial charge >= 0.3 is 0 Å². The molecule has 0 aliphatic heterocycles. The number of benzene rings is 1. The second-order valence-corrected chi connectivity index (χ2v) is 6.93. The molecule has 5 heteroatoms. The Morgan fingerprint density at radius 1 is 1.15 bits per heavy atom. The van der Waals surface area contributed by atoms with Gasteiger partial charge in [0.05, 0.1) is 10.0 Å². The van der Waals surface area contributed by atoms with Gasteiger partial charge in [0.15, 0.2) is 0 Å². The van der Waals surface area contributed by atoms with Crippen LogP contribution in [-0.2, 0) is 5.41 Å². The summed E-state index contributed by atoms with van der Waals surface area (Å²) in [6.45, 7) is 0. The van der Waals surface area contributed by atoms with E-state index in [1.54, 1.807) is 11.3 Å². The van der Waals surface area contributed by atoms with Gasteiger partial charge in [-0.15, -0.1) is 23.7 Å². The van der Waals surface area contributed by atoms with E-state index in [0.29, 0.717) is 10.0 Å². The molecule has 108 valence electrons. The van der Waals surface area contributed by atoms with E-state index in [0.717, 1.165) is 12.8 Å². The third-order valence-corrected chi connectivity index (χ3v) is 5.88. The standard InChI is InChI=1S/C15H15Cl2NS.ClH/c16-11-5-4-10(9-12(11)17)15(6-2-7-15)14(18)13-3-1-8-19-13;/h1,3-5,8-9,14H,2,6-7,18H2;1H. The lowest BCUT2D eigenvalue weighted by Gasteiger charge is -2.46. The van der Waals surface area contributed by atoms with Gasteiger partial charge in [0.1, 0.15) is 0 Å². The fourth-order valence-corrected chi connectivity index (χ4v) is 4.02. The molecule has 1 unspecified atom stereocenters. The summed E-state index contributed by atoms with van der Waals surface area (Å²) in [4.78, 5) is 1.24. The summed E-state index contributed by atoms with van der Waals surface area (Å²) >= 11 is 13.9. The van der Waals surface area contributed by atoms with Gasteiger partial charge in [0.2, 0.25) is 0 Å². The summed E-state index contributed by atoms with van der Waals surface area (Å²) in [6.07, 6.45) is 3.45. The van der Waals surface area contributed by atoms with Crippen LogP contribution in [0.15, 0.2) is 35.7 Å². The molecule has 1 nitrogen and oxygen atoms in total. The average Bonchev–Trinajstić information content (AvgIpc) is 2.85. The van der Waals surface area contributed by atoms with Gasteiger partial charge in [0.25, 0.3) is 0 Å². The number of rotatable bonds is 3. The van der Waals surface area contributed by atoms with Crippen LogP contribution >= 0.6 is 46.9 Å². The van der Waals surface area contributed by atoms with Crippen molar-refractivity contribution in [1.82, 2.24) is 0 Å². The summed E-state index contributed by atoms with van der Waals surface area (Å²) in [5, 5.41) is 3.30. The van der Waals surface area contributed by atoms with E-state index in [2.05, 4.69) is 23.6 Å². The van der Waals surface area contributed by atoms with Crippen molar-refractivity contribution in [3.63, 3.8) is 0 Å². The Morgan fingerprint density at radius 3 is 2.40 bits per heavy atom. The van der Waals surface area contributed by atoms with Crippen LogP contribution in [0.2, 0.25) is 10.0 Å².